The van der Waals surface area contributed by atoms with Crippen LogP contribution in [0.15, 0.2) is 46.7 Å². The van der Waals surface area contributed by atoms with E-state index >= 15 is 0 Å². The Kier molecular flexibility index (Phi) is 5.93. The van der Waals surface area contributed by atoms with E-state index in [1.165, 1.54) is 28.5 Å². The monoisotopic (exact) mass is 327 g/mol. The molecule has 0 fully saturated rings. The van der Waals surface area contributed by atoms with Crippen molar-refractivity contribution < 1.29 is 4.79 Å². The van der Waals surface area contributed by atoms with E-state index < -0.39 is 0 Å². The van der Waals surface area contributed by atoms with Crippen LogP contribution in [0.1, 0.15) is 29.2 Å². The number of amides is 1. The van der Waals surface area contributed by atoms with Gasteiger partial charge in [0.15, 0.2) is 0 Å². The average Bonchev–Trinajstić information content (AvgIpc) is 2.55. The molecule has 0 aliphatic heterocycles. The highest BCUT2D eigenvalue weighted by Gasteiger charge is 2.14. The number of benzene rings is 1. The Morgan fingerprint density at radius 2 is 2.00 bits per heavy atom. The second-order valence-corrected chi connectivity index (χ2v) is 6.75. The molecule has 4 nitrogen and oxygen atoms in total. The van der Waals surface area contributed by atoms with Crippen LogP contribution in [0, 0.1) is 20.8 Å². The molecule has 2 rings (SSSR count). The number of thioether (sulfide) groups is 1. The van der Waals surface area contributed by atoms with Gasteiger partial charge in [-0.3, -0.25) is 4.79 Å². The zero-order valence-corrected chi connectivity index (χ0v) is 14.6. The lowest BCUT2D eigenvalue weighted by atomic mass is 10.00. The second kappa shape index (κ2) is 7.92. The third-order valence-electron chi connectivity index (χ3n) is 3.78. The maximum Gasteiger partial charge on any atom is 0.253 e. The molecule has 1 N–H and O–H groups in total. The highest BCUT2D eigenvalue weighted by Crippen LogP contribution is 2.20. The molecule has 0 saturated heterocycles. The molecule has 1 amide bonds. The van der Waals surface area contributed by atoms with Gasteiger partial charge in [0.05, 0.1) is 16.5 Å². The Bertz CT molecular complexity index is 714. The van der Waals surface area contributed by atoms with Crippen molar-refractivity contribution >= 4 is 23.9 Å². The minimum Gasteiger partial charge on any atom is -0.272 e. The Morgan fingerprint density at radius 1 is 1.22 bits per heavy atom. The third-order valence-corrected chi connectivity index (χ3v) is 4.83. The van der Waals surface area contributed by atoms with Gasteiger partial charge in [-0.05, 0) is 62.1 Å². The molecule has 0 saturated carbocycles. The van der Waals surface area contributed by atoms with Crippen LogP contribution in [0.25, 0.3) is 0 Å². The molecule has 23 heavy (non-hydrogen) atoms. The van der Waals surface area contributed by atoms with E-state index in [1.54, 1.807) is 12.4 Å². The van der Waals surface area contributed by atoms with E-state index in [2.05, 4.69) is 42.3 Å². The maximum atomic E-state index is 12.1. The van der Waals surface area contributed by atoms with Gasteiger partial charge in [0.1, 0.15) is 0 Å². The van der Waals surface area contributed by atoms with Crippen molar-refractivity contribution in [1.29, 1.82) is 0 Å². The molecule has 1 unspecified atom stereocenters. The standard InChI is InChI=1S/C18H21N3OS/c1-12-8-9-16(14(3)13(12)2)11-20-21-18(22)15(4)23-17-7-5-6-10-19-17/h5-11,15H,1-4H3,(H,21,22)/b20-11+. The molecular weight excluding hydrogens is 306 g/mol. The number of carbonyl (C=O) groups excluding carboxylic acids is 1. The van der Waals surface area contributed by atoms with Crippen molar-refractivity contribution in [1.82, 2.24) is 10.4 Å². The van der Waals surface area contributed by atoms with E-state index in [0.29, 0.717) is 0 Å². The number of hydrogen-bond acceptors (Lipinski definition) is 4. The molecule has 0 spiro atoms. The number of carbonyl (C=O) groups is 1. The summed E-state index contributed by atoms with van der Waals surface area (Å²) < 4.78 is 0. The number of rotatable bonds is 5. The lowest BCUT2D eigenvalue weighted by Gasteiger charge is -2.09. The van der Waals surface area contributed by atoms with Crippen molar-refractivity contribution in [2.24, 2.45) is 5.10 Å². The van der Waals surface area contributed by atoms with Crippen molar-refractivity contribution in [3.05, 3.63) is 58.8 Å². The Hall–Kier alpha value is -2.14. The van der Waals surface area contributed by atoms with Gasteiger partial charge >= 0.3 is 0 Å². The van der Waals surface area contributed by atoms with Gasteiger partial charge in [-0.2, -0.15) is 5.10 Å². The zero-order chi connectivity index (χ0) is 16.8. The summed E-state index contributed by atoms with van der Waals surface area (Å²) >= 11 is 1.41. The summed E-state index contributed by atoms with van der Waals surface area (Å²) in [6, 6.07) is 9.71. The molecule has 5 heteroatoms. The first kappa shape index (κ1) is 17.2. The number of nitrogens with one attached hydrogen (secondary N) is 1. The molecule has 1 atom stereocenters. The Balaban J connectivity index is 1.95. The number of aromatic nitrogens is 1. The summed E-state index contributed by atoms with van der Waals surface area (Å²) in [7, 11) is 0. The predicted octanol–water partition coefficient (Wildman–Crippen LogP) is 3.64. The fourth-order valence-electron chi connectivity index (χ4n) is 2.02. The Labute approximate surface area is 141 Å². The Morgan fingerprint density at radius 3 is 2.70 bits per heavy atom. The number of hydrazone groups is 1. The first-order valence-electron chi connectivity index (χ1n) is 7.46. The van der Waals surface area contributed by atoms with Crippen molar-refractivity contribution in [2.75, 3.05) is 0 Å². The highest BCUT2D eigenvalue weighted by molar-refractivity contribution is 8.00. The number of hydrogen-bond donors (Lipinski definition) is 1. The van der Waals surface area contributed by atoms with E-state index in [0.717, 1.165) is 10.6 Å². The van der Waals surface area contributed by atoms with Crippen molar-refractivity contribution in [2.45, 2.75) is 38.0 Å². The van der Waals surface area contributed by atoms with Crippen LogP contribution in [0.5, 0.6) is 0 Å². The lowest BCUT2D eigenvalue weighted by molar-refractivity contribution is -0.120. The van der Waals surface area contributed by atoms with Gasteiger partial charge in [-0.15, -0.1) is 0 Å². The molecule has 0 radical (unpaired) electrons. The summed E-state index contributed by atoms with van der Waals surface area (Å²) in [5.41, 5.74) is 7.29. The summed E-state index contributed by atoms with van der Waals surface area (Å²) in [4.78, 5) is 16.3. The summed E-state index contributed by atoms with van der Waals surface area (Å²) in [5.74, 6) is -0.140. The normalized spacial score (nSPS) is 12.3. The summed E-state index contributed by atoms with van der Waals surface area (Å²) in [6.07, 6.45) is 3.41. The predicted molar refractivity (Wildman–Crippen MR) is 95.9 cm³/mol. The first-order chi connectivity index (χ1) is 11.0. The van der Waals surface area contributed by atoms with Gasteiger partial charge in [0.25, 0.3) is 5.91 Å². The minimum atomic E-state index is -0.261. The molecule has 2 aromatic rings. The average molecular weight is 327 g/mol. The second-order valence-electron chi connectivity index (χ2n) is 5.38. The van der Waals surface area contributed by atoms with E-state index in [1.807, 2.05) is 31.2 Å². The fraction of sp³-hybridized carbons (Fsp3) is 0.278. The van der Waals surface area contributed by atoms with Crippen LogP contribution in [0.4, 0.5) is 0 Å². The van der Waals surface area contributed by atoms with Gasteiger partial charge in [0.2, 0.25) is 0 Å². The van der Waals surface area contributed by atoms with Crippen molar-refractivity contribution in [3.63, 3.8) is 0 Å². The third kappa shape index (κ3) is 4.66. The minimum absolute atomic E-state index is 0.140. The first-order valence-corrected chi connectivity index (χ1v) is 8.34. The molecule has 120 valence electrons. The van der Waals surface area contributed by atoms with Gasteiger partial charge < -0.3 is 0 Å². The largest absolute Gasteiger partial charge is 0.272 e. The number of pyridine rings is 1. The molecule has 0 aliphatic rings. The molecule has 1 heterocycles. The molecule has 0 bridgehead atoms. The van der Waals surface area contributed by atoms with Crippen LogP contribution in [-0.2, 0) is 4.79 Å². The van der Waals surface area contributed by atoms with E-state index in [-0.39, 0.29) is 11.2 Å². The van der Waals surface area contributed by atoms with Crippen molar-refractivity contribution in [3.8, 4) is 0 Å². The zero-order valence-electron chi connectivity index (χ0n) is 13.8. The molecular formula is C18H21N3OS. The fourth-order valence-corrected chi connectivity index (χ4v) is 2.83. The van der Waals surface area contributed by atoms with E-state index in [4.69, 9.17) is 0 Å². The lowest BCUT2D eigenvalue weighted by Crippen LogP contribution is -2.26. The van der Waals surface area contributed by atoms with Crippen LogP contribution in [0.3, 0.4) is 0 Å². The summed E-state index contributed by atoms with van der Waals surface area (Å²) in [5, 5.41) is 4.64. The molecule has 1 aromatic heterocycles. The number of nitrogens with zero attached hydrogens (tertiary/aromatic N) is 2. The molecule has 0 aliphatic carbocycles. The number of aryl methyl sites for hydroxylation is 1. The quantitative estimate of drug-likeness (QED) is 0.518. The van der Waals surface area contributed by atoms with Crippen LogP contribution in [-0.4, -0.2) is 22.4 Å². The SMILES string of the molecule is Cc1ccc(/C=N/NC(=O)C(C)Sc2ccccn2)c(C)c1C. The van der Waals surface area contributed by atoms with E-state index in [9.17, 15) is 4.79 Å². The van der Waals surface area contributed by atoms with Crippen LogP contribution < -0.4 is 5.43 Å². The highest BCUT2D eigenvalue weighted by atomic mass is 32.2. The van der Waals surface area contributed by atoms with Gasteiger partial charge in [0, 0.05) is 6.20 Å². The van der Waals surface area contributed by atoms with Gasteiger partial charge in [-0.1, -0.05) is 30.0 Å². The van der Waals surface area contributed by atoms with Gasteiger partial charge in [-0.25, -0.2) is 10.4 Å². The topological polar surface area (TPSA) is 54.4 Å². The van der Waals surface area contributed by atoms with Crippen LogP contribution >= 0.6 is 11.8 Å². The maximum absolute atomic E-state index is 12.1. The van der Waals surface area contributed by atoms with Crippen LogP contribution in [0.2, 0.25) is 0 Å². The smallest absolute Gasteiger partial charge is 0.253 e. The summed E-state index contributed by atoms with van der Waals surface area (Å²) in [6.45, 7) is 8.07. The molecule has 1 aromatic carbocycles.